The predicted molar refractivity (Wildman–Crippen MR) is 80.0 cm³/mol. The molecule has 0 spiro atoms. The van der Waals surface area contributed by atoms with Gasteiger partial charge < -0.3 is 29.4 Å². The van der Waals surface area contributed by atoms with E-state index in [9.17, 15) is 5.11 Å². The van der Waals surface area contributed by atoms with Gasteiger partial charge in [0, 0.05) is 0 Å². The summed E-state index contributed by atoms with van der Waals surface area (Å²) in [6.45, 7) is 2.02. The number of aromatic nitrogens is 4. The molecule has 4 rings (SSSR count). The van der Waals surface area contributed by atoms with E-state index in [-0.39, 0.29) is 27.0 Å². The van der Waals surface area contributed by atoms with Gasteiger partial charge in [0.2, 0.25) is 11.8 Å². The van der Waals surface area contributed by atoms with Crippen molar-refractivity contribution < 1.29 is 23.6 Å². The van der Waals surface area contributed by atoms with Crippen molar-refractivity contribution in [1.29, 1.82) is 0 Å². The molecule has 10 nitrogen and oxygen atoms in total. The van der Waals surface area contributed by atoms with E-state index in [1.165, 1.54) is 13.4 Å². The highest BCUT2D eigenvalue weighted by atomic mass is 31.1. The summed E-state index contributed by atoms with van der Waals surface area (Å²) in [6.07, 6.45) is -0.0816. The second kappa shape index (κ2) is 5.22. The summed E-state index contributed by atoms with van der Waals surface area (Å²) >= 11 is 0. The average Bonchev–Trinajstić information content (AvgIpc) is 3.05. The minimum absolute atomic E-state index is 0.0484. The normalized spacial score (nSPS) is 34.8. The van der Waals surface area contributed by atoms with Crippen LogP contribution in [0.15, 0.2) is 6.33 Å². The maximum Gasteiger partial charge on any atom is 0.246 e. The molecule has 3 N–H and O–H groups in total. The monoisotopic (exact) mass is 341 g/mol. The van der Waals surface area contributed by atoms with Crippen molar-refractivity contribution in [1.82, 2.24) is 19.5 Å². The Hall–Kier alpha value is -1.58. The van der Waals surface area contributed by atoms with Gasteiger partial charge in [-0.05, 0) is 6.92 Å². The number of ether oxygens (including phenoxy) is 2. The van der Waals surface area contributed by atoms with E-state index in [2.05, 4.69) is 15.0 Å². The minimum atomic E-state index is -1.28. The van der Waals surface area contributed by atoms with E-state index in [0.717, 1.165) is 0 Å². The number of imidazole rings is 1. The van der Waals surface area contributed by atoms with Crippen LogP contribution in [-0.4, -0.2) is 56.2 Å². The standard InChI is InChI=1S/C12H16N5O5P/c1-12(18)7-5(3-20-23-22-7)21-10(12)17-4-14-6-8(17)15-11(13)16-9(6)19-2/h4-5,7,10,18,23H,3H2,1-2H3,(H2,13,15,16)/t5-,7-,10-,12-/m1/s1. The number of aliphatic hydroxyl groups is 1. The molecule has 11 heteroatoms. The van der Waals surface area contributed by atoms with Crippen LogP contribution in [0.25, 0.3) is 11.2 Å². The Morgan fingerprint density at radius 2 is 2.35 bits per heavy atom. The highest BCUT2D eigenvalue weighted by molar-refractivity contribution is 7.26. The zero-order chi connectivity index (χ0) is 16.2. The second-order valence-electron chi connectivity index (χ2n) is 5.60. The predicted octanol–water partition coefficient (Wildman–Crippen LogP) is -0.0106. The molecule has 2 saturated heterocycles. The number of nitrogens with two attached hydrogens (primary N) is 1. The van der Waals surface area contributed by atoms with Crippen molar-refractivity contribution in [2.75, 3.05) is 19.5 Å². The summed E-state index contributed by atoms with van der Waals surface area (Å²) in [7, 11) is 1.36. The molecule has 5 atom stereocenters. The highest BCUT2D eigenvalue weighted by Gasteiger charge is 2.56. The fraction of sp³-hybridized carbons (Fsp3) is 0.583. The van der Waals surface area contributed by atoms with E-state index in [1.807, 2.05) is 0 Å². The fourth-order valence-corrected chi connectivity index (χ4v) is 3.78. The van der Waals surface area contributed by atoms with Crippen molar-refractivity contribution >= 4 is 26.1 Å². The average molecular weight is 341 g/mol. The van der Waals surface area contributed by atoms with Crippen LogP contribution in [0.3, 0.4) is 0 Å². The maximum atomic E-state index is 10.9. The lowest BCUT2D eigenvalue weighted by Crippen LogP contribution is -2.46. The highest BCUT2D eigenvalue weighted by Crippen LogP contribution is 2.46. The van der Waals surface area contributed by atoms with Gasteiger partial charge in [-0.1, -0.05) is 0 Å². The molecule has 2 aromatic rings. The van der Waals surface area contributed by atoms with Gasteiger partial charge in [0.15, 0.2) is 26.4 Å². The summed E-state index contributed by atoms with van der Waals surface area (Å²) in [6, 6.07) is 0. The minimum Gasteiger partial charge on any atom is -0.479 e. The molecule has 2 fully saturated rings. The Morgan fingerprint density at radius 3 is 3.09 bits per heavy atom. The first kappa shape index (κ1) is 15.0. The lowest BCUT2D eigenvalue weighted by Gasteiger charge is -2.31. The molecule has 124 valence electrons. The first-order valence-electron chi connectivity index (χ1n) is 6.96. The van der Waals surface area contributed by atoms with Gasteiger partial charge in [-0.15, -0.1) is 0 Å². The molecule has 0 aliphatic carbocycles. The molecule has 4 heterocycles. The van der Waals surface area contributed by atoms with Crippen molar-refractivity contribution in [3.05, 3.63) is 6.33 Å². The van der Waals surface area contributed by atoms with Crippen LogP contribution >= 0.6 is 9.03 Å². The van der Waals surface area contributed by atoms with Gasteiger partial charge in [-0.3, -0.25) is 4.57 Å². The Balaban J connectivity index is 1.81. The van der Waals surface area contributed by atoms with E-state index >= 15 is 0 Å². The lowest BCUT2D eigenvalue weighted by atomic mass is 9.96. The first-order valence-corrected chi connectivity index (χ1v) is 7.78. The Kier molecular flexibility index (Phi) is 3.40. The van der Waals surface area contributed by atoms with Crippen molar-refractivity contribution in [3.63, 3.8) is 0 Å². The summed E-state index contributed by atoms with van der Waals surface area (Å²) < 4.78 is 23.5. The zero-order valence-electron chi connectivity index (χ0n) is 12.5. The molecule has 2 aliphatic rings. The molecule has 0 saturated carbocycles. The lowest BCUT2D eigenvalue weighted by molar-refractivity contribution is -0.0882. The smallest absolute Gasteiger partial charge is 0.246 e. The number of hydrogen-bond acceptors (Lipinski definition) is 9. The number of nitrogen functional groups attached to an aromatic ring is 1. The summed E-state index contributed by atoms with van der Waals surface area (Å²) in [5.74, 6) is 0.314. The van der Waals surface area contributed by atoms with Gasteiger partial charge >= 0.3 is 0 Å². The number of hydrogen-bond donors (Lipinski definition) is 2. The molecule has 0 radical (unpaired) electrons. The number of nitrogens with zero attached hydrogens (tertiary/aromatic N) is 4. The van der Waals surface area contributed by atoms with Gasteiger partial charge in [0.05, 0.1) is 20.0 Å². The summed E-state index contributed by atoms with van der Waals surface area (Å²) in [4.78, 5) is 12.4. The zero-order valence-corrected chi connectivity index (χ0v) is 13.5. The van der Waals surface area contributed by atoms with Crippen LogP contribution in [0, 0.1) is 0 Å². The molecule has 2 aliphatic heterocycles. The number of fused-ring (bicyclic) bond motifs is 2. The Bertz CT molecular complexity index is 753. The van der Waals surface area contributed by atoms with Crippen LogP contribution in [0.4, 0.5) is 5.95 Å². The molecule has 0 aromatic carbocycles. The molecule has 0 bridgehead atoms. The van der Waals surface area contributed by atoms with Crippen LogP contribution in [-0.2, 0) is 13.8 Å². The van der Waals surface area contributed by atoms with Crippen LogP contribution in [0.2, 0.25) is 0 Å². The Morgan fingerprint density at radius 1 is 1.52 bits per heavy atom. The molecule has 0 amide bonds. The van der Waals surface area contributed by atoms with Gasteiger partial charge in [-0.25, -0.2) is 4.98 Å². The molecular formula is C12H16N5O5P. The largest absolute Gasteiger partial charge is 0.479 e. The van der Waals surface area contributed by atoms with Crippen LogP contribution < -0.4 is 10.5 Å². The van der Waals surface area contributed by atoms with Crippen LogP contribution in [0.1, 0.15) is 13.2 Å². The number of rotatable bonds is 2. The van der Waals surface area contributed by atoms with Gasteiger partial charge in [-0.2, -0.15) is 9.97 Å². The number of anilines is 1. The van der Waals surface area contributed by atoms with E-state index < -0.39 is 17.9 Å². The van der Waals surface area contributed by atoms with Gasteiger partial charge in [0.25, 0.3) is 0 Å². The van der Waals surface area contributed by atoms with E-state index in [0.29, 0.717) is 17.8 Å². The molecule has 1 unspecified atom stereocenters. The Labute approximate surface area is 132 Å². The molecular weight excluding hydrogens is 325 g/mol. The maximum absolute atomic E-state index is 10.9. The van der Waals surface area contributed by atoms with Gasteiger partial charge in [0.1, 0.15) is 17.8 Å². The quantitative estimate of drug-likeness (QED) is 0.725. The van der Waals surface area contributed by atoms with Crippen molar-refractivity contribution in [3.8, 4) is 5.88 Å². The van der Waals surface area contributed by atoms with E-state index in [1.54, 1.807) is 11.5 Å². The SMILES string of the molecule is COc1nc(N)nc2c1ncn2[C@@H]1O[C@@H]2COPO[C@H]2[C@@]1(C)O. The third-order valence-corrected chi connectivity index (χ3v) is 4.69. The summed E-state index contributed by atoms with van der Waals surface area (Å²) in [5, 5.41) is 10.9. The second-order valence-corrected chi connectivity index (χ2v) is 6.29. The number of methoxy groups -OCH3 is 1. The van der Waals surface area contributed by atoms with E-state index in [4.69, 9.17) is 24.3 Å². The third-order valence-electron chi connectivity index (χ3n) is 4.05. The van der Waals surface area contributed by atoms with Crippen molar-refractivity contribution in [2.24, 2.45) is 0 Å². The fourth-order valence-electron chi connectivity index (χ4n) is 2.98. The topological polar surface area (TPSA) is 127 Å². The van der Waals surface area contributed by atoms with Crippen LogP contribution in [0.5, 0.6) is 5.88 Å². The summed E-state index contributed by atoms with van der Waals surface area (Å²) in [5.41, 5.74) is 5.30. The first-order chi connectivity index (χ1) is 11.0. The molecule has 23 heavy (non-hydrogen) atoms. The molecule has 2 aromatic heterocycles. The van der Waals surface area contributed by atoms with Crippen molar-refractivity contribution in [2.45, 2.75) is 31.0 Å². The third kappa shape index (κ3) is 2.18.